The molecule has 0 spiro atoms. The summed E-state index contributed by atoms with van der Waals surface area (Å²) in [6.07, 6.45) is 1.52. The molecule has 0 aromatic rings. The number of carbonyl (C=O) groups excluding carboxylic acids is 2. The van der Waals surface area contributed by atoms with Crippen LogP contribution in [0.4, 0.5) is 4.79 Å². The smallest absolute Gasteiger partial charge is 0.409 e. The van der Waals surface area contributed by atoms with Crippen molar-refractivity contribution in [2.24, 2.45) is 5.92 Å². The molecule has 0 aromatic heterocycles. The highest BCUT2D eigenvalue weighted by Crippen LogP contribution is 2.31. The van der Waals surface area contributed by atoms with Gasteiger partial charge in [-0.2, -0.15) is 17.0 Å². The van der Waals surface area contributed by atoms with Crippen molar-refractivity contribution in [2.75, 3.05) is 59.0 Å². The molecule has 2 saturated heterocycles. The lowest BCUT2D eigenvalue weighted by molar-refractivity contribution is -0.133. The first-order valence-electron chi connectivity index (χ1n) is 8.89. The van der Waals surface area contributed by atoms with Gasteiger partial charge in [-0.1, -0.05) is 0 Å². The first-order valence-corrected chi connectivity index (χ1v) is 10.3. The zero-order valence-corrected chi connectivity index (χ0v) is 15.4. The van der Waals surface area contributed by atoms with Crippen molar-refractivity contribution in [3.8, 4) is 0 Å². The number of carbonyl (C=O) groups is 2. The number of piperazine rings is 2. The Bertz CT molecular complexity index is 605. The van der Waals surface area contributed by atoms with Crippen LogP contribution in [-0.4, -0.2) is 97.8 Å². The fourth-order valence-corrected chi connectivity index (χ4v) is 4.78. The van der Waals surface area contributed by atoms with E-state index < -0.39 is 16.3 Å². The molecule has 3 fully saturated rings. The van der Waals surface area contributed by atoms with Gasteiger partial charge in [0.25, 0.3) is 10.2 Å². The maximum absolute atomic E-state index is 12.8. The summed E-state index contributed by atoms with van der Waals surface area (Å²) < 4.78 is 33.4. The Morgan fingerprint density at radius 2 is 1.36 bits per heavy atom. The van der Waals surface area contributed by atoms with Crippen LogP contribution in [0.5, 0.6) is 0 Å². The third kappa shape index (κ3) is 4.06. The van der Waals surface area contributed by atoms with Gasteiger partial charge in [0.2, 0.25) is 5.91 Å². The van der Waals surface area contributed by atoms with Crippen LogP contribution < -0.4 is 0 Å². The SMILES string of the molecule is CCOC(=O)N1CCN(S(=O)(=O)N2CCN(C(=O)C3CC3)CC2)CC1. The Morgan fingerprint density at radius 3 is 1.80 bits per heavy atom. The van der Waals surface area contributed by atoms with Gasteiger partial charge >= 0.3 is 6.09 Å². The molecule has 0 unspecified atom stereocenters. The van der Waals surface area contributed by atoms with Crippen molar-refractivity contribution in [1.29, 1.82) is 0 Å². The first kappa shape index (κ1) is 18.4. The summed E-state index contributed by atoms with van der Waals surface area (Å²) in [5.74, 6) is 0.333. The van der Waals surface area contributed by atoms with Gasteiger partial charge in [-0.05, 0) is 19.8 Å². The van der Waals surface area contributed by atoms with Crippen molar-refractivity contribution in [2.45, 2.75) is 19.8 Å². The van der Waals surface area contributed by atoms with E-state index in [0.29, 0.717) is 45.9 Å². The quantitative estimate of drug-likeness (QED) is 0.665. The predicted octanol–water partition coefficient (Wildman–Crippen LogP) is -0.440. The molecule has 2 aliphatic heterocycles. The molecule has 2 amide bonds. The largest absolute Gasteiger partial charge is 0.450 e. The molecule has 0 bridgehead atoms. The molecular weight excluding hydrogens is 348 g/mol. The maximum Gasteiger partial charge on any atom is 0.409 e. The van der Waals surface area contributed by atoms with Crippen molar-refractivity contribution in [1.82, 2.24) is 18.4 Å². The second kappa shape index (κ2) is 7.46. The van der Waals surface area contributed by atoms with E-state index in [1.54, 1.807) is 11.8 Å². The summed E-state index contributed by atoms with van der Waals surface area (Å²) in [6.45, 7) is 4.82. The van der Waals surface area contributed by atoms with E-state index in [9.17, 15) is 18.0 Å². The van der Waals surface area contributed by atoms with Crippen molar-refractivity contribution < 1.29 is 22.7 Å². The number of amides is 2. The van der Waals surface area contributed by atoms with E-state index in [1.165, 1.54) is 13.5 Å². The van der Waals surface area contributed by atoms with E-state index in [2.05, 4.69) is 0 Å². The average Bonchev–Trinajstić information content (AvgIpc) is 3.47. The van der Waals surface area contributed by atoms with Crippen molar-refractivity contribution >= 4 is 22.2 Å². The molecule has 3 rings (SSSR count). The number of nitrogens with zero attached hydrogens (tertiary/aromatic N) is 4. The molecule has 1 saturated carbocycles. The zero-order chi connectivity index (χ0) is 18.0. The van der Waals surface area contributed by atoms with Gasteiger partial charge in [-0.3, -0.25) is 4.79 Å². The molecule has 0 aromatic carbocycles. The zero-order valence-electron chi connectivity index (χ0n) is 14.6. The molecule has 9 nitrogen and oxygen atoms in total. The highest BCUT2D eigenvalue weighted by atomic mass is 32.2. The van der Waals surface area contributed by atoms with E-state index in [4.69, 9.17) is 4.74 Å². The lowest BCUT2D eigenvalue weighted by atomic mass is 10.3. The van der Waals surface area contributed by atoms with Crippen LogP contribution in [0.1, 0.15) is 19.8 Å². The molecule has 0 N–H and O–H groups in total. The molecule has 0 radical (unpaired) electrons. The predicted molar refractivity (Wildman–Crippen MR) is 90.0 cm³/mol. The summed E-state index contributed by atoms with van der Waals surface area (Å²) in [7, 11) is -3.55. The molecule has 2 heterocycles. The molecule has 3 aliphatic rings. The Balaban J connectivity index is 1.51. The fourth-order valence-electron chi connectivity index (χ4n) is 3.21. The Kier molecular flexibility index (Phi) is 5.49. The van der Waals surface area contributed by atoms with Gasteiger partial charge in [-0.25, -0.2) is 4.79 Å². The summed E-state index contributed by atoms with van der Waals surface area (Å²) in [6, 6.07) is 0. The van der Waals surface area contributed by atoms with E-state index in [1.807, 2.05) is 0 Å². The van der Waals surface area contributed by atoms with E-state index in [0.717, 1.165) is 12.8 Å². The minimum Gasteiger partial charge on any atom is -0.450 e. The minimum absolute atomic E-state index is 0.166. The summed E-state index contributed by atoms with van der Waals surface area (Å²) in [5, 5.41) is 0. The van der Waals surface area contributed by atoms with Crippen molar-refractivity contribution in [3.63, 3.8) is 0 Å². The van der Waals surface area contributed by atoms with Gasteiger partial charge in [0, 0.05) is 58.3 Å². The number of hydrogen-bond acceptors (Lipinski definition) is 5. The Morgan fingerprint density at radius 1 is 0.880 bits per heavy atom. The summed E-state index contributed by atoms with van der Waals surface area (Å²) in [4.78, 5) is 27.1. The van der Waals surface area contributed by atoms with Gasteiger partial charge in [-0.15, -0.1) is 0 Å². The summed E-state index contributed by atoms with van der Waals surface area (Å²) in [5.41, 5.74) is 0. The van der Waals surface area contributed by atoms with Gasteiger partial charge in [0.05, 0.1) is 6.61 Å². The van der Waals surface area contributed by atoms with E-state index in [-0.39, 0.29) is 24.9 Å². The molecule has 0 atom stereocenters. The first-order chi connectivity index (χ1) is 11.9. The van der Waals surface area contributed by atoms with Gasteiger partial charge < -0.3 is 14.5 Å². The van der Waals surface area contributed by atoms with Crippen LogP contribution in [0.2, 0.25) is 0 Å². The maximum atomic E-state index is 12.8. The topological polar surface area (TPSA) is 90.5 Å². The molecular formula is C15H26N4O5S. The van der Waals surface area contributed by atoms with Gasteiger partial charge in [0.15, 0.2) is 0 Å². The fraction of sp³-hybridized carbons (Fsp3) is 0.867. The van der Waals surface area contributed by atoms with Crippen LogP contribution >= 0.6 is 0 Å². The lowest BCUT2D eigenvalue weighted by Gasteiger charge is -2.39. The Labute approximate surface area is 148 Å². The molecule has 142 valence electrons. The molecule has 1 aliphatic carbocycles. The van der Waals surface area contributed by atoms with E-state index >= 15 is 0 Å². The van der Waals surface area contributed by atoms with Crippen LogP contribution in [0.25, 0.3) is 0 Å². The van der Waals surface area contributed by atoms with Crippen molar-refractivity contribution in [3.05, 3.63) is 0 Å². The average molecular weight is 374 g/mol. The second-order valence-electron chi connectivity index (χ2n) is 6.59. The van der Waals surface area contributed by atoms with Gasteiger partial charge in [0.1, 0.15) is 0 Å². The number of rotatable bonds is 4. The lowest BCUT2D eigenvalue weighted by Crippen LogP contribution is -2.58. The van der Waals surface area contributed by atoms with Crippen LogP contribution in [0.15, 0.2) is 0 Å². The highest BCUT2D eigenvalue weighted by Gasteiger charge is 2.38. The molecule has 10 heteroatoms. The summed E-state index contributed by atoms with van der Waals surface area (Å²) >= 11 is 0. The van der Waals surface area contributed by atoms with Crippen LogP contribution in [0.3, 0.4) is 0 Å². The second-order valence-corrected chi connectivity index (χ2v) is 8.52. The normalized spacial score (nSPS) is 23.6. The van der Waals surface area contributed by atoms with Crippen LogP contribution in [-0.2, 0) is 19.7 Å². The number of ether oxygens (including phenoxy) is 1. The third-order valence-corrected chi connectivity index (χ3v) is 6.93. The third-order valence-electron chi connectivity index (χ3n) is 4.89. The molecule has 25 heavy (non-hydrogen) atoms. The monoisotopic (exact) mass is 374 g/mol. The highest BCUT2D eigenvalue weighted by molar-refractivity contribution is 7.86. The standard InChI is InChI=1S/C15H26N4O5S/c1-2-24-15(21)17-7-11-19(12-8-17)25(22,23)18-9-5-16(6-10-18)14(20)13-3-4-13/h13H,2-12H2,1H3. The number of hydrogen-bond donors (Lipinski definition) is 0. The van der Waals surface area contributed by atoms with Crippen LogP contribution in [0, 0.1) is 5.92 Å². The minimum atomic E-state index is -3.55. The Hall–Kier alpha value is -1.39.